The highest BCUT2D eigenvalue weighted by atomic mass is 14.1. The van der Waals surface area contributed by atoms with Gasteiger partial charge in [0.25, 0.3) is 0 Å². The standard InChI is InChI=1S/C14H10/c1-2-6-11-10-12-7-4-5-9-14(12)13(11)8-3-1/h1-10H. The van der Waals surface area contributed by atoms with Crippen molar-refractivity contribution in [2.45, 2.75) is 0 Å². The molecule has 3 rings (SSSR count). The summed E-state index contributed by atoms with van der Waals surface area (Å²) in [5.41, 5.74) is 2.65. The van der Waals surface area contributed by atoms with E-state index >= 15 is 0 Å². The van der Waals surface area contributed by atoms with Crippen molar-refractivity contribution in [3.8, 4) is 11.1 Å². The number of hydrogen-bond donors (Lipinski definition) is 0. The molecular weight excluding hydrogens is 168 g/mol. The van der Waals surface area contributed by atoms with Crippen LogP contribution in [0.4, 0.5) is 0 Å². The van der Waals surface area contributed by atoms with E-state index in [4.69, 9.17) is 0 Å². The first-order valence-electron chi connectivity index (χ1n) is 4.82. The van der Waals surface area contributed by atoms with Crippen LogP contribution in [0.25, 0.3) is 21.9 Å². The van der Waals surface area contributed by atoms with E-state index in [-0.39, 0.29) is 0 Å². The minimum atomic E-state index is 1.32. The molecule has 0 fully saturated rings. The smallest absolute Gasteiger partial charge is 0.0105 e. The molecule has 0 bridgehead atoms. The largest absolute Gasteiger partial charge is 0.0622 e. The van der Waals surface area contributed by atoms with Crippen LogP contribution in [0.3, 0.4) is 0 Å². The lowest BCUT2D eigenvalue weighted by atomic mass is 10.1. The maximum atomic E-state index is 2.24. The molecule has 0 heterocycles. The third kappa shape index (κ3) is 1.01. The molecule has 0 heteroatoms. The van der Waals surface area contributed by atoms with E-state index in [1.165, 1.54) is 21.9 Å². The van der Waals surface area contributed by atoms with Gasteiger partial charge >= 0.3 is 0 Å². The fourth-order valence-corrected chi connectivity index (χ4v) is 1.97. The Morgan fingerprint density at radius 1 is 0.643 bits per heavy atom. The molecule has 0 nitrogen and oxygen atoms in total. The van der Waals surface area contributed by atoms with Crippen molar-refractivity contribution < 1.29 is 0 Å². The van der Waals surface area contributed by atoms with E-state index < -0.39 is 0 Å². The van der Waals surface area contributed by atoms with Crippen LogP contribution in [-0.2, 0) is 0 Å². The number of hydrogen-bond acceptors (Lipinski definition) is 0. The lowest BCUT2D eigenvalue weighted by Crippen LogP contribution is -1.65. The van der Waals surface area contributed by atoms with Crippen LogP contribution in [0.1, 0.15) is 0 Å². The first-order valence-corrected chi connectivity index (χ1v) is 4.82. The zero-order chi connectivity index (χ0) is 9.38. The monoisotopic (exact) mass is 178 g/mol. The third-order valence-corrected chi connectivity index (χ3v) is 2.63. The Balaban J connectivity index is 2.52. The van der Waals surface area contributed by atoms with E-state index in [1.54, 1.807) is 0 Å². The molecule has 0 saturated carbocycles. The first-order chi connectivity index (χ1) is 6.95. The molecule has 0 aromatic heterocycles. The Labute approximate surface area is 83.1 Å². The molecule has 0 spiro atoms. The number of fused-ring (bicyclic) bond motifs is 3. The van der Waals surface area contributed by atoms with Crippen molar-refractivity contribution >= 4 is 10.8 Å². The second-order valence-electron chi connectivity index (χ2n) is 3.51. The molecule has 0 saturated heterocycles. The lowest BCUT2D eigenvalue weighted by molar-refractivity contribution is 1.83. The maximum Gasteiger partial charge on any atom is -0.0105 e. The van der Waals surface area contributed by atoms with Gasteiger partial charge in [0.1, 0.15) is 0 Å². The molecule has 0 radical (unpaired) electrons. The van der Waals surface area contributed by atoms with Crippen molar-refractivity contribution in [2.24, 2.45) is 0 Å². The lowest BCUT2D eigenvalue weighted by Gasteiger charge is -1.91. The number of rotatable bonds is 0. The summed E-state index contributed by atoms with van der Waals surface area (Å²) in [6.07, 6.45) is 0. The van der Waals surface area contributed by atoms with Crippen LogP contribution >= 0.6 is 0 Å². The van der Waals surface area contributed by atoms with Gasteiger partial charge in [-0.3, -0.25) is 0 Å². The molecule has 0 aliphatic heterocycles. The molecule has 66 valence electrons. The average molecular weight is 178 g/mol. The van der Waals surface area contributed by atoms with E-state index in [1.807, 2.05) is 0 Å². The quantitative estimate of drug-likeness (QED) is 0.489. The Morgan fingerprint density at radius 2 is 1.43 bits per heavy atom. The normalized spacial score (nSPS) is 10.9. The Morgan fingerprint density at radius 3 is 2.43 bits per heavy atom. The summed E-state index contributed by atoms with van der Waals surface area (Å²) >= 11 is 0. The molecule has 0 atom stereocenters. The Kier molecular flexibility index (Phi) is 1.54. The summed E-state index contributed by atoms with van der Waals surface area (Å²) in [6.45, 7) is 0. The summed E-state index contributed by atoms with van der Waals surface area (Å²) in [7, 11) is 0. The van der Waals surface area contributed by atoms with Gasteiger partial charge in [-0.25, -0.2) is 0 Å². The van der Waals surface area contributed by atoms with Crippen LogP contribution in [0, 0.1) is 0 Å². The van der Waals surface area contributed by atoms with Gasteiger partial charge in [-0.15, -0.1) is 0 Å². The zero-order valence-corrected chi connectivity index (χ0v) is 7.77. The van der Waals surface area contributed by atoms with Gasteiger partial charge in [0.05, 0.1) is 0 Å². The van der Waals surface area contributed by atoms with E-state index in [0.29, 0.717) is 0 Å². The van der Waals surface area contributed by atoms with Crippen molar-refractivity contribution in [1.29, 1.82) is 0 Å². The minimum absolute atomic E-state index is 1.32. The highest BCUT2D eigenvalue weighted by molar-refractivity contribution is 6.01. The molecule has 0 unspecified atom stereocenters. The SMILES string of the molecule is c1ccc2cc3ccccc3c-2cc1. The fraction of sp³-hybridized carbons (Fsp3) is 0. The molecular formula is C14H10. The van der Waals surface area contributed by atoms with Gasteiger partial charge in [-0.05, 0) is 28.0 Å². The highest BCUT2D eigenvalue weighted by Gasteiger charge is 2.05. The van der Waals surface area contributed by atoms with Crippen LogP contribution in [0.5, 0.6) is 0 Å². The van der Waals surface area contributed by atoms with Gasteiger partial charge in [0, 0.05) is 0 Å². The van der Waals surface area contributed by atoms with Crippen molar-refractivity contribution in [2.75, 3.05) is 0 Å². The van der Waals surface area contributed by atoms with Gasteiger partial charge in [-0.1, -0.05) is 54.6 Å². The molecule has 1 aromatic carbocycles. The third-order valence-electron chi connectivity index (χ3n) is 2.63. The molecule has 2 aliphatic carbocycles. The minimum Gasteiger partial charge on any atom is -0.0622 e. The molecule has 14 heavy (non-hydrogen) atoms. The summed E-state index contributed by atoms with van der Waals surface area (Å²) < 4.78 is 0. The van der Waals surface area contributed by atoms with Crippen LogP contribution in [0.15, 0.2) is 60.7 Å². The average Bonchev–Trinajstić information content (AvgIpc) is 2.42. The topological polar surface area (TPSA) is 0 Å². The van der Waals surface area contributed by atoms with Crippen LogP contribution in [0.2, 0.25) is 0 Å². The van der Waals surface area contributed by atoms with Gasteiger partial charge in [0.15, 0.2) is 0 Å². The fourth-order valence-electron chi connectivity index (χ4n) is 1.97. The van der Waals surface area contributed by atoms with Crippen LogP contribution < -0.4 is 0 Å². The maximum absolute atomic E-state index is 2.24. The summed E-state index contributed by atoms with van der Waals surface area (Å²) in [4.78, 5) is 0. The summed E-state index contributed by atoms with van der Waals surface area (Å²) in [6, 6.07) is 21.3. The van der Waals surface area contributed by atoms with E-state index in [2.05, 4.69) is 60.7 Å². The van der Waals surface area contributed by atoms with Crippen LogP contribution in [-0.4, -0.2) is 0 Å². The first kappa shape index (κ1) is 7.57. The predicted molar refractivity (Wildman–Crippen MR) is 60.6 cm³/mol. The number of benzene rings is 1. The molecule has 1 aromatic rings. The molecule has 0 amide bonds. The Bertz CT molecular complexity index is 552. The highest BCUT2D eigenvalue weighted by Crippen LogP contribution is 2.32. The van der Waals surface area contributed by atoms with Crippen molar-refractivity contribution in [1.82, 2.24) is 0 Å². The molecule has 0 N–H and O–H groups in total. The summed E-state index contributed by atoms with van der Waals surface area (Å²) in [5.74, 6) is 0. The molecule has 2 aliphatic rings. The van der Waals surface area contributed by atoms with Crippen molar-refractivity contribution in [3.05, 3.63) is 60.7 Å². The predicted octanol–water partition coefficient (Wildman–Crippen LogP) is 3.94. The second kappa shape index (κ2) is 2.85. The summed E-state index contributed by atoms with van der Waals surface area (Å²) in [5, 5.41) is 2.67. The second-order valence-corrected chi connectivity index (χ2v) is 3.51. The zero-order valence-electron chi connectivity index (χ0n) is 7.77. The van der Waals surface area contributed by atoms with Gasteiger partial charge < -0.3 is 0 Å². The van der Waals surface area contributed by atoms with Gasteiger partial charge in [0.2, 0.25) is 0 Å². The van der Waals surface area contributed by atoms with Crippen molar-refractivity contribution in [3.63, 3.8) is 0 Å². The van der Waals surface area contributed by atoms with Gasteiger partial charge in [-0.2, -0.15) is 0 Å². The van der Waals surface area contributed by atoms with E-state index in [0.717, 1.165) is 0 Å². The van der Waals surface area contributed by atoms with E-state index in [9.17, 15) is 0 Å². The Hall–Kier alpha value is -1.82.